The summed E-state index contributed by atoms with van der Waals surface area (Å²) in [4.78, 5) is 7.05. The van der Waals surface area contributed by atoms with Gasteiger partial charge in [0.15, 0.2) is 6.29 Å². The fourth-order valence-electron chi connectivity index (χ4n) is 5.19. The zero-order chi connectivity index (χ0) is 28.0. The molecular formula is C29H44N4O5S. The number of nitrogens with two attached hydrogens (primary N) is 1. The summed E-state index contributed by atoms with van der Waals surface area (Å²) in [6.45, 7) is 7.38. The van der Waals surface area contributed by atoms with Crippen molar-refractivity contribution in [3.05, 3.63) is 53.6 Å². The van der Waals surface area contributed by atoms with Crippen LogP contribution in [-0.4, -0.2) is 71.4 Å². The molecule has 2 unspecified atom stereocenters. The van der Waals surface area contributed by atoms with Gasteiger partial charge in [0, 0.05) is 26.7 Å². The van der Waals surface area contributed by atoms with Crippen molar-refractivity contribution in [3.8, 4) is 0 Å². The van der Waals surface area contributed by atoms with E-state index >= 15 is 0 Å². The summed E-state index contributed by atoms with van der Waals surface area (Å²) in [7, 11) is -1.83. The van der Waals surface area contributed by atoms with Crippen molar-refractivity contribution in [2.45, 2.75) is 58.0 Å². The van der Waals surface area contributed by atoms with Crippen LogP contribution in [0.15, 0.2) is 42.5 Å². The Bertz CT molecular complexity index is 1180. The highest BCUT2D eigenvalue weighted by molar-refractivity contribution is 7.92. The molecule has 9 nitrogen and oxygen atoms in total. The third-order valence-corrected chi connectivity index (χ3v) is 8.81. The maximum atomic E-state index is 12.7. The van der Waals surface area contributed by atoms with Crippen LogP contribution in [-0.2, 0) is 37.3 Å². The van der Waals surface area contributed by atoms with Crippen molar-refractivity contribution >= 4 is 21.7 Å². The van der Waals surface area contributed by atoms with E-state index in [2.05, 4.69) is 24.0 Å². The molecule has 2 fully saturated rings. The van der Waals surface area contributed by atoms with Crippen LogP contribution in [0.2, 0.25) is 0 Å². The van der Waals surface area contributed by atoms with Gasteiger partial charge in [0.25, 0.3) is 0 Å². The number of anilines is 2. The lowest BCUT2D eigenvalue weighted by Crippen LogP contribution is -2.50. The summed E-state index contributed by atoms with van der Waals surface area (Å²) in [5, 5.41) is 0. The molecule has 39 heavy (non-hydrogen) atoms. The van der Waals surface area contributed by atoms with Crippen molar-refractivity contribution in [2.75, 3.05) is 55.4 Å². The second kappa shape index (κ2) is 13.0. The number of hydrogen-bond acceptors (Lipinski definition) is 8. The van der Waals surface area contributed by atoms with Crippen LogP contribution in [0.5, 0.6) is 0 Å². The van der Waals surface area contributed by atoms with Crippen LogP contribution in [0, 0.1) is 11.8 Å². The molecule has 4 rings (SSSR count). The van der Waals surface area contributed by atoms with E-state index < -0.39 is 21.9 Å². The first kappa shape index (κ1) is 29.7. The number of sulfonamides is 1. The van der Waals surface area contributed by atoms with Gasteiger partial charge >= 0.3 is 0 Å². The Labute approximate surface area is 233 Å². The average Bonchev–Trinajstić information content (AvgIpc) is 3.47. The summed E-state index contributed by atoms with van der Waals surface area (Å²) in [6, 6.07) is 13.9. The highest BCUT2D eigenvalue weighted by atomic mass is 32.2. The predicted octanol–water partition coefficient (Wildman–Crippen LogP) is 3.57. The van der Waals surface area contributed by atoms with Gasteiger partial charge in [-0.1, -0.05) is 44.2 Å². The number of nitrogens with zero attached hydrogens (tertiary/aromatic N) is 3. The molecule has 2 N–H and O–H groups in total. The Balaban J connectivity index is 1.60. The summed E-state index contributed by atoms with van der Waals surface area (Å²) < 4.78 is 44.4. The zero-order valence-electron chi connectivity index (χ0n) is 23.7. The minimum Gasteiger partial charge on any atom is -0.383 e. The van der Waals surface area contributed by atoms with Crippen molar-refractivity contribution < 1.29 is 22.6 Å². The molecule has 0 spiro atoms. The lowest BCUT2D eigenvalue weighted by atomic mass is 9.90. The molecule has 1 aromatic carbocycles. The largest absolute Gasteiger partial charge is 0.383 e. The van der Waals surface area contributed by atoms with Gasteiger partial charge in [-0.3, -0.25) is 4.31 Å². The van der Waals surface area contributed by atoms with E-state index in [0.717, 1.165) is 23.5 Å². The number of pyridine rings is 1. The molecule has 2 heterocycles. The number of aromatic nitrogens is 1. The number of methoxy groups -OCH3 is 1. The minimum absolute atomic E-state index is 0.225. The topological polar surface area (TPSA) is 107 Å². The fourth-order valence-corrected chi connectivity index (χ4v) is 6.14. The van der Waals surface area contributed by atoms with E-state index in [1.807, 2.05) is 31.2 Å². The molecule has 1 saturated heterocycles. The first-order chi connectivity index (χ1) is 18.6. The second-order valence-corrected chi connectivity index (χ2v) is 13.0. The third-order valence-electron chi connectivity index (χ3n) is 7.64. The normalized spacial score (nSPS) is 24.6. The highest BCUT2D eigenvalue weighted by Gasteiger charge is 2.42. The number of rotatable bonds is 15. The number of benzene rings is 1. The monoisotopic (exact) mass is 560 g/mol. The molecule has 2 aromatic rings. The van der Waals surface area contributed by atoms with Crippen molar-refractivity contribution in [1.29, 1.82) is 0 Å². The van der Waals surface area contributed by atoms with Crippen LogP contribution in [0.3, 0.4) is 0 Å². The van der Waals surface area contributed by atoms with Crippen molar-refractivity contribution in [2.24, 2.45) is 17.6 Å². The van der Waals surface area contributed by atoms with Crippen LogP contribution in [0.4, 0.5) is 11.6 Å². The zero-order valence-corrected chi connectivity index (χ0v) is 24.5. The van der Waals surface area contributed by atoms with Gasteiger partial charge < -0.3 is 24.8 Å². The van der Waals surface area contributed by atoms with Crippen LogP contribution >= 0.6 is 0 Å². The third kappa shape index (κ3) is 7.91. The van der Waals surface area contributed by atoms with Gasteiger partial charge in [-0.05, 0) is 60.8 Å². The molecule has 4 atom stereocenters. The van der Waals surface area contributed by atoms with E-state index in [0.29, 0.717) is 63.2 Å². The molecule has 1 aliphatic carbocycles. The highest BCUT2D eigenvalue weighted by Crippen LogP contribution is 2.39. The minimum atomic E-state index is -3.52. The lowest BCUT2D eigenvalue weighted by molar-refractivity contribution is -0.145. The molecule has 2 aliphatic rings. The Kier molecular flexibility index (Phi) is 9.87. The molecule has 216 valence electrons. The fraction of sp³-hybridized carbons (Fsp3) is 0.621. The summed E-state index contributed by atoms with van der Waals surface area (Å²) in [6.07, 6.45) is 3.85. The first-order valence-corrected chi connectivity index (χ1v) is 15.8. The Morgan fingerprint density at radius 3 is 2.51 bits per heavy atom. The van der Waals surface area contributed by atoms with E-state index in [9.17, 15) is 8.42 Å². The molecule has 0 bridgehead atoms. The lowest BCUT2D eigenvalue weighted by Gasteiger charge is -2.30. The second-order valence-electron chi connectivity index (χ2n) is 11.1. The Morgan fingerprint density at radius 2 is 1.87 bits per heavy atom. The SMILES string of the molecule is CCCN(c1cc(COC2OCCC2(N)Cc2ccccc2)cc(N(CCOC)C[C@H]2C[C@@H]2C)n1)S(C)(=O)=O. The van der Waals surface area contributed by atoms with Crippen LogP contribution in [0.25, 0.3) is 0 Å². The van der Waals surface area contributed by atoms with Gasteiger partial charge in [0.05, 0.1) is 31.6 Å². The molecule has 1 aromatic heterocycles. The van der Waals surface area contributed by atoms with E-state index in [4.69, 9.17) is 24.9 Å². The average molecular weight is 561 g/mol. The molecule has 0 amide bonds. The summed E-state index contributed by atoms with van der Waals surface area (Å²) in [5.41, 5.74) is 8.13. The quantitative estimate of drug-likeness (QED) is 0.352. The standard InChI is InChI=1S/C29H44N4O5S/c1-5-12-33(39(4,34)35)27-18-24(17-26(31-27)32(13-15-36-3)20-25-16-22(25)2)21-38-28-29(30,11-14-37-28)19-23-9-7-6-8-10-23/h6-10,17-18,22,25,28H,5,11-16,19-21,30H2,1-4H3/t22-,25+,28?,29?/m0/s1. The molecule has 10 heteroatoms. The smallest absolute Gasteiger partial charge is 0.233 e. The van der Waals surface area contributed by atoms with Gasteiger partial charge in [0.2, 0.25) is 10.0 Å². The molecule has 1 saturated carbocycles. The van der Waals surface area contributed by atoms with Crippen molar-refractivity contribution in [3.63, 3.8) is 0 Å². The van der Waals surface area contributed by atoms with E-state index in [1.165, 1.54) is 17.0 Å². The van der Waals surface area contributed by atoms with Crippen LogP contribution < -0.4 is 14.9 Å². The maximum Gasteiger partial charge on any atom is 0.233 e. The van der Waals surface area contributed by atoms with Gasteiger partial charge in [0.1, 0.15) is 11.6 Å². The summed E-state index contributed by atoms with van der Waals surface area (Å²) >= 11 is 0. The molecular weight excluding hydrogens is 516 g/mol. The van der Waals surface area contributed by atoms with Gasteiger partial charge in [-0.25, -0.2) is 13.4 Å². The predicted molar refractivity (Wildman–Crippen MR) is 154 cm³/mol. The Hall–Kier alpha value is -2.24. The molecule has 1 aliphatic heterocycles. The van der Waals surface area contributed by atoms with E-state index in [1.54, 1.807) is 13.2 Å². The number of hydrogen-bond donors (Lipinski definition) is 1. The van der Waals surface area contributed by atoms with E-state index in [-0.39, 0.29) is 6.61 Å². The van der Waals surface area contributed by atoms with Crippen LogP contribution in [0.1, 0.15) is 44.2 Å². The van der Waals surface area contributed by atoms with Crippen molar-refractivity contribution in [1.82, 2.24) is 4.98 Å². The first-order valence-electron chi connectivity index (χ1n) is 13.9. The number of ether oxygens (including phenoxy) is 3. The van der Waals surface area contributed by atoms with Gasteiger partial charge in [-0.15, -0.1) is 0 Å². The Morgan fingerprint density at radius 1 is 1.15 bits per heavy atom. The van der Waals surface area contributed by atoms with Gasteiger partial charge in [-0.2, -0.15) is 0 Å². The summed E-state index contributed by atoms with van der Waals surface area (Å²) in [5.74, 6) is 2.40. The molecule has 0 radical (unpaired) electrons. The maximum absolute atomic E-state index is 12.7.